The molecular formula is C17H18O4. The zero-order valence-electron chi connectivity index (χ0n) is 11.8. The van der Waals surface area contributed by atoms with Crippen molar-refractivity contribution in [3.05, 3.63) is 59.7 Å². The number of aromatic hydroxyl groups is 1. The molecule has 0 amide bonds. The van der Waals surface area contributed by atoms with Crippen molar-refractivity contribution in [2.75, 3.05) is 7.11 Å². The van der Waals surface area contributed by atoms with Gasteiger partial charge in [0.05, 0.1) is 13.0 Å². The van der Waals surface area contributed by atoms with E-state index in [-0.39, 0.29) is 5.75 Å². The van der Waals surface area contributed by atoms with Crippen LogP contribution < -0.4 is 4.74 Å². The highest BCUT2D eigenvalue weighted by Gasteiger charge is 2.18. The normalized spacial score (nSPS) is 11.9. The van der Waals surface area contributed by atoms with E-state index in [0.717, 1.165) is 16.9 Å². The van der Waals surface area contributed by atoms with Gasteiger partial charge in [-0.25, -0.2) is 0 Å². The molecule has 0 aromatic heterocycles. The number of methoxy groups -OCH3 is 1. The fourth-order valence-electron chi connectivity index (χ4n) is 2.21. The van der Waals surface area contributed by atoms with Gasteiger partial charge in [-0.15, -0.1) is 0 Å². The molecule has 0 saturated carbocycles. The summed E-state index contributed by atoms with van der Waals surface area (Å²) in [6.45, 7) is 0. The largest absolute Gasteiger partial charge is 0.508 e. The molecule has 4 heteroatoms. The van der Waals surface area contributed by atoms with Crippen LogP contribution in [0.5, 0.6) is 11.5 Å². The maximum atomic E-state index is 11.4. The Morgan fingerprint density at radius 3 is 1.90 bits per heavy atom. The molecule has 0 bridgehead atoms. The number of phenols is 1. The molecule has 1 unspecified atom stereocenters. The Morgan fingerprint density at radius 2 is 1.48 bits per heavy atom. The minimum absolute atomic E-state index is 0.181. The third-order valence-corrected chi connectivity index (χ3v) is 3.41. The van der Waals surface area contributed by atoms with E-state index in [2.05, 4.69) is 0 Å². The number of ether oxygens (including phenoxy) is 1. The molecule has 2 rings (SSSR count). The summed E-state index contributed by atoms with van der Waals surface area (Å²) in [5, 5.41) is 18.6. The number of carboxylic acid groups (broad SMARTS) is 1. The van der Waals surface area contributed by atoms with Crippen molar-refractivity contribution in [3.8, 4) is 11.5 Å². The fraction of sp³-hybridized carbons (Fsp3) is 0.235. The molecule has 0 aliphatic heterocycles. The molecule has 2 aromatic rings. The molecule has 21 heavy (non-hydrogen) atoms. The standard InChI is InChI=1S/C17H18O4/c1-21-16-8-4-13(5-9-16)11-14(17(19)20)10-12-2-6-15(18)7-3-12/h2-9,14,18H,10-11H2,1H3,(H,19,20). The van der Waals surface area contributed by atoms with Crippen molar-refractivity contribution in [1.29, 1.82) is 0 Å². The van der Waals surface area contributed by atoms with Crippen LogP contribution in [0, 0.1) is 5.92 Å². The fourth-order valence-corrected chi connectivity index (χ4v) is 2.21. The summed E-state index contributed by atoms with van der Waals surface area (Å²) in [7, 11) is 1.60. The summed E-state index contributed by atoms with van der Waals surface area (Å²) >= 11 is 0. The molecule has 0 heterocycles. The van der Waals surface area contributed by atoms with Crippen molar-refractivity contribution < 1.29 is 19.7 Å². The Hall–Kier alpha value is -2.49. The van der Waals surface area contributed by atoms with Crippen LogP contribution in [-0.4, -0.2) is 23.3 Å². The first-order valence-corrected chi connectivity index (χ1v) is 6.72. The number of aliphatic carboxylic acids is 1. The Kier molecular flexibility index (Phi) is 4.82. The van der Waals surface area contributed by atoms with Crippen LogP contribution >= 0.6 is 0 Å². The van der Waals surface area contributed by atoms with Crippen molar-refractivity contribution in [1.82, 2.24) is 0 Å². The van der Waals surface area contributed by atoms with Gasteiger partial charge in [-0.2, -0.15) is 0 Å². The first-order valence-electron chi connectivity index (χ1n) is 6.72. The zero-order chi connectivity index (χ0) is 15.2. The number of phenolic OH excluding ortho intramolecular Hbond substituents is 1. The highest BCUT2D eigenvalue weighted by molar-refractivity contribution is 5.71. The molecular weight excluding hydrogens is 268 g/mol. The molecule has 0 aliphatic rings. The first kappa shape index (κ1) is 14.9. The molecule has 2 aromatic carbocycles. The van der Waals surface area contributed by atoms with Gasteiger partial charge in [-0.05, 0) is 48.2 Å². The number of carboxylic acids is 1. The van der Waals surface area contributed by atoms with Gasteiger partial charge in [0.1, 0.15) is 11.5 Å². The minimum atomic E-state index is -0.820. The average molecular weight is 286 g/mol. The first-order chi connectivity index (χ1) is 10.1. The predicted molar refractivity (Wildman–Crippen MR) is 79.6 cm³/mol. The van der Waals surface area contributed by atoms with Gasteiger partial charge >= 0.3 is 5.97 Å². The lowest BCUT2D eigenvalue weighted by Crippen LogP contribution is -2.19. The summed E-state index contributed by atoms with van der Waals surface area (Å²) in [6, 6.07) is 14.1. The molecule has 0 aliphatic carbocycles. The Morgan fingerprint density at radius 1 is 1.00 bits per heavy atom. The van der Waals surface area contributed by atoms with Gasteiger partial charge in [0, 0.05) is 0 Å². The SMILES string of the molecule is COc1ccc(CC(Cc2ccc(O)cc2)C(=O)O)cc1. The van der Waals surface area contributed by atoms with E-state index in [1.165, 1.54) is 0 Å². The Bertz CT molecular complexity index is 587. The van der Waals surface area contributed by atoms with Crippen LogP contribution in [0.4, 0.5) is 0 Å². The van der Waals surface area contributed by atoms with Crippen LogP contribution in [-0.2, 0) is 17.6 Å². The summed E-state index contributed by atoms with van der Waals surface area (Å²) in [5.74, 6) is -0.383. The maximum absolute atomic E-state index is 11.4. The highest BCUT2D eigenvalue weighted by atomic mass is 16.5. The van der Waals surface area contributed by atoms with Gasteiger partial charge in [-0.1, -0.05) is 24.3 Å². The lowest BCUT2D eigenvalue weighted by molar-refractivity contribution is -0.141. The lowest BCUT2D eigenvalue weighted by Gasteiger charge is -2.13. The van der Waals surface area contributed by atoms with Crippen LogP contribution in [0.25, 0.3) is 0 Å². The van der Waals surface area contributed by atoms with E-state index >= 15 is 0 Å². The molecule has 0 fully saturated rings. The van der Waals surface area contributed by atoms with E-state index in [0.29, 0.717) is 12.8 Å². The van der Waals surface area contributed by atoms with E-state index in [9.17, 15) is 15.0 Å². The molecule has 0 spiro atoms. The Labute approximate surface area is 123 Å². The van der Waals surface area contributed by atoms with E-state index in [4.69, 9.17) is 4.74 Å². The topological polar surface area (TPSA) is 66.8 Å². The summed E-state index contributed by atoms with van der Waals surface area (Å²) < 4.78 is 5.09. The predicted octanol–water partition coefficient (Wildman–Crippen LogP) is 2.89. The second-order valence-electron chi connectivity index (χ2n) is 4.96. The van der Waals surface area contributed by atoms with E-state index in [1.807, 2.05) is 24.3 Å². The van der Waals surface area contributed by atoms with Crippen molar-refractivity contribution in [2.24, 2.45) is 5.92 Å². The number of hydrogen-bond donors (Lipinski definition) is 2. The van der Waals surface area contributed by atoms with E-state index < -0.39 is 11.9 Å². The number of rotatable bonds is 6. The van der Waals surface area contributed by atoms with Crippen LogP contribution in [0.3, 0.4) is 0 Å². The monoisotopic (exact) mass is 286 g/mol. The molecule has 0 saturated heterocycles. The van der Waals surface area contributed by atoms with Gasteiger partial charge in [-0.3, -0.25) is 4.79 Å². The summed E-state index contributed by atoms with van der Waals surface area (Å²) in [4.78, 5) is 11.4. The molecule has 1 atom stereocenters. The number of benzene rings is 2. The van der Waals surface area contributed by atoms with Gasteiger partial charge in [0.2, 0.25) is 0 Å². The van der Waals surface area contributed by atoms with Crippen molar-refractivity contribution in [3.63, 3.8) is 0 Å². The van der Waals surface area contributed by atoms with Crippen LogP contribution in [0.2, 0.25) is 0 Å². The van der Waals surface area contributed by atoms with Gasteiger partial charge < -0.3 is 14.9 Å². The number of hydrogen-bond acceptors (Lipinski definition) is 3. The number of carbonyl (C=O) groups is 1. The smallest absolute Gasteiger partial charge is 0.307 e. The second kappa shape index (κ2) is 6.79. The molecule has 0 radical (unpaired) electrons. The zero-order valence-corrected chi connectivity index (χ0v) is 11.8. The summed E-state index contributed by atoms with van der Waals surface area (Å²) in [5.41, 5.74) is 1.86. The average Bonchev–Trinajstić information content (AvgIpc) is 2.49. The van der Waals surface area contributed by atoms with Gasteiger partial charge in [0.15, 0.2) is 0 Å². The molecule has 110 valence electrons. The van der Waals surface area contributed by atoms with Crippen LogP contribution in [0.15, 0.2) is 48.5 Å². The van der Waals surface area contributed by atoms with Crippen molar-refractivity contribution >= 4 is 5.97 Å². The second-order valence-corrected chi connectivity index (χ2v) is 4.96. The quantitative estimate of drug-likeness (QED) is 0.857. The summed E-state index contributed by atoms with van der Waals surface area (Å²) in [6.07, 6.45) is 0.891. The Balaban J connectivity index is 2.07. The van der Waals surface area contributed by atoms with E-state index in [1.54, 1.807) is 31.4 Å². The van der Waals surface area contributed by atoms with Crippen LogP contribution in [0.1, 0.15) is 11.1 Å². The highest BCUT2D eigenvalue weighted by Crippen LogP contribution is 2.19. The third-order valence-electron chi connectivity index (χ3n) is 3.41. The van der Waals surface area contributed by atoms with Gasteiger partial charge in [0.25, 0.3) is 0 Å². The molecule has 2 N–H and O–H groups in total. The third kappa shape index (κ3) is 4.24. The minimum Gasteiger partial charge on any atom is -0.508 e. The van der Waals surface area contributed by atoms with Crippen molar-refractivity contribution in [2.45, 2.75) is 12.8 Å². The maximum Gasteiger partial charge on any atom is 0.307 e. The lowest BCUT2D eigenvalue weighted by atomic mass is 9.92. The molecule has 4 nitrogen and oxygen atoms in total.